The summed E-state index contributed by atoms with van der Waals surface area (Å²) < 4.78 is 10.5. The molecule has 9 nitrogen and oxygen atoms in total. The summed E-state index contributed by atoms with van der Waals surface area (Å²) in [6, 6.07) is 5.11. The number of amides is 1. The number of benzene rings is 1. The molecule has 1 aromatic heterocycles. The van der Waals surface area contributed by atoms with Crippen molar-refractivity contribution in [2.45, 2.75) is 58.0 Å². The summed E-state index contributed by atoms with van der Waals surface area (Å²) in [5.41, 5.74) is 1.75. The van der Waals surface area contributed by atoms with E-state index < -0.39 is 5.97 Å². The number of esters is 1. The number of anilines is 4. The zero-order chi connectivity index (χ0) is 23.5. The minimum atomic E-state index is -0.405. The standard InChI is InChI=1S/C24H31N5O4/c1-5-18-22(30)28(3)19-14-25-24(27-21(19)29(18)16-9-7-8-10-16)26-17-12-11-15(13-20(17)32-4)23(31)33-6-2/h11-14,16,18H,5-10H2,1-4H3,(H,25,26,27). The number of ether oxygens (including phenoxy) is 2. The molecule has 4 rings (SSSR count). The summed E-state index contributed by atoms with van der Waals surface area (Å²) in [7, 11) is 3.32. The zero-order valence-electron chi connectivity index (χ0n) is 19.6. The Morgan fingerprint density at radius 3 is 2.67 bits per heavy atom. The van der Waals surface area contributed by atoms with Crippen LogP contribution in [0.5, 0.6) is 5.75 Å². The van der Waals surface area contributed by atoms with Gasteiger partial charge in [-0.1, -0.05) is 19.8 Å². The number of carbonyl (C=O) groups is 2. The highest BCUT2D eigenvalue weighted by molar-refractivity contribution is 6.04. The molecule has 1 amide bonds. The summed E-state index contributed by atoms with van der Waals surface area (Å²) in [4.78, 5) is 38.3. The number of methoxy groups -OCH3 is 1. The number of hydrogen-bond acceptors (Lipinski definition) is 8. The Hall–Kier alpha value is -3.36. The molecule has 9 heteroatoms. The van der Waals surface area contributed by atoms with E-state index in [1.807, 2.05) is 6.92 Å². The van der Waals surface area contributed by atoms with E-state index in [0.29, 0.717) is 41.3 Å². The van der Waals surface area contributed by atoms with Gasteiger partial charge in [0.1, 0.15) is 17.5 Å². The summed E-state index contributed by atoms with van der Waals surface area (Å²) in [5.74, 6) is 1.33. The lowest BCUT2D eigenvalue weighted by Crippen LogP contribution is -2.55. The second kappa shape index (κ2) is 9.64. The molecule has 0 radical (unpaired) electrons. The maximum Gasteiger partial charge on any atom is 0.338 e. The van der Waals surface area contributed by atoms with Gasteiger partial charge in [0.25, 0.3) is 0 Å². The summed E-state index contributed by atoms with van der Waals surface area (Å²) in [5, 5.41) is 3.21. The smallest absolute Gasteiger partial charge is 0.338 e. The van der Waals surface area contributed by atoms with Crippen molar-refractivity contribution in [3.8, 4) is 5.75 Å². The van der Waals surface area contributed by atoms with Crippen LogP contribution in [0.4, 0.5) is 23.1 Å². The summed E-state index contributed by atoms with van der Waals surface area (Å²) >= 11 is 0. The van der Waals surface area contributed by atoms with E-state index >= 15 is 0 Å². The molecule has 2 aliphatic rings. The zero-order valence-corrected chi connectivity index (χ0v) is 19.6. The van der Waals surface area contributed by atoms with Crippen LogP contribution in [-0.4, -0.2) is 54.7 Å². The molecular weight excluding hydrogens is 422 g/mol. The van der Waals surface area contributed by atoms with Gasteiger partial charge in [0, 0.05) is 13.1 Å². The molecule has 2 aromatic rings. The molecule has 176 valence electrons. The third-order valence-electron chi connectivity index (χ3n) is 6.37. The Bertz CT molecular complexity index is 1040. The van der Waals surface area contributed by atoms with E-state index in [1.54, 1.807) is 43.3 Å². The van der Waals surface area contributed by atoms with Crippen molar-refractivity contribution in [1.82, 2.24) is 9.97 Å². The van der Waals surface area contributed by atoms with E-state index in [-0.39, 0.29) is 11.9 Å². The normalized spacial score (nSPS) is 18.3. The molecule has 1 saturated carbocycles. The minimum Gasteiger partial charge on any atom is -0.495 e. The predicted octanol–water partition coefficient (Wildman–Crippen LogP) is 3.91. The highest BCUT2D eigenvalue weighted by Gasteiger charge is 2.41. The lowest BCUT2D eigenvalue weighted by atomic mass is 10.0. The van der Waals surface area contributed by atoms with Gasteiger partial charge in [-0.2, -0.15) is 4.98 Å². The minimum absolute atomic E-state index is 0.0810. The first-order valence-electron chi connectivity index (χ1n) is 11.5. The number of likely N-dealkylation sites (N-methyl/N-ethyl adjacent to an activating group) is 1. The second-order valence-electron chi connectivity index (χ2n) is 8.33. The molecule has 0 bridgehead atoms. The number of nitrogens with zero attached hydrogens (tertiary/aromatic N) is 4. The number of nitrogens with one attached hydrogen (secondary N) is 1. The van der Waals surface area contributed by atoms with Crippen LogP contribution >= 0.6 is 0 Å². The third kappa shape index (κ3) is 4.31. The van der Waals surface area contributed by atoms with E-state index in [2.05, 4.69) is 15.2 Å². The number of aromatic nitrogens is 2. The first kappa shape index (κ1) is 22.8. The number of rotatable bonds is 7. The molecule has 1 N–H and O–H groups in total. The Labute approximate surface area is 194 Å². The topological polar surface area (TPSA) is 96.9 Å². The average molecular weight is 454 g/mol. The molecule has 1 aromatic carbocycles. The van der Waals surface area contributed by atoms with Gasteiger partial charge in [0.15, 0.2) is 5.82 Å². The second-order valence-corrected chi connectivity index (χ2v) is 8.33. The van der Waals surface area contributed by atoms with Crippen LogP contribution in [-0.2, 0) is 9.53 Å². The molecular formula is C24H31N5O4. The van der Waals surface area contributed by atoms with E-state index in [0.717, 1.165) is 37.9 Å². The van der Waals surface area contributed by atoms with Crippen LogP contribution in [0.2, 0.25) is 0 Å². The third-order valence-corrected chi connectivity index (χ3v) is 6.37. The number of hydrogen-bond donors (Lipinski definition) is 1. The van der Waals surface area contributed by atoms with Crippen LogP contribution in [0.15, 0.2) is 24.4 Å². The largest absolute Gasteiger partial charge is 0.495 e. The van der Waals surface area contributed by atoms with Gasteiger partial charge in [-0.15, -0.1) is 0 Å². The van der Waals surface area contributed by atoms with Crippen molar-refractivity contribution in [2.24, 2.45) is 0 Å². The fourth-order valence-corrected chi connectivity index (χ4v) is 4.70. The highest BCUT2D eigenvalue weighted by Crippen LogP contribution is 2.40. The molecule has 1 aliphatic heterocycles. The maximum absolute atomic E-state index is 13.0. The van der Waals surface area contributed by atoms with Crippen molar-refractivity contribution in [3.63, 3.8) is 0 Å². The van der Waals surface area contributed by atoms with E-state index in [9.17, 15) is 9.59 Å². The molecule has 1 fully saturated rings. The average Bonchev–Trinajstić information content (AvgIpc) is 3.36. The summed E-state index contributed by atoms with van der Waals surface area (Å²) in [6.07, 6.45) is 6.85. The molecule has 0 spiro atoms. The Morgan fingerprint density at radius 1 is 1.24 bits per heavy atom. The SMILES string of the molecule is CCOC(=O)c1ccc(Nc2ncc3c(n2)N(C2CCCC2)C(CC)C(=O)N3C)c(OC)c1. The molecule has 33 heavy (non-hydrogen) atoms. The van der Waals surface area contributed by atoms with Crippen molar-refractivity contribution in [3.05, 3.63) is 30.0 Å². The molecule has 1 aliphatic carbocycles. The van der Waals surface area contributed by atoms with Gasteiger partial charge < -0.3 is 24.6 Å². The Morgan fingerprint density at radius 2 is 2.00 bits per heavy atom. The van der Waals surface area contributed by atoms with Gasteiger partial charge in [0.2, 0.25) is 11.9 Å². The van der Waals surface area contributed by atoms with E-state index in [1.165, 1.54) is 7.11 Å². The van der Waals surface area contributed by atoms with Crippen LogP contribution in [0.25, 0.3) is 0 Å². The Kier molecular flexibility index (Phi) is 6.67. The fraction of sp³-hybridized carbons (Fsp3) is 0.500. The number of fused-ring (bicyclic) bond motifs is 1. The predicted molar refractivity (Wildman–Crippen MR) is 126 cm³/mol. The lowest BCUT2D eigenvalue weighted by molar-refractivity contribution is -0.120. The molecule has 1 unspecified atom stereocenters. The van der Waals surface area contributed by atoms with Crippen LogP contribution in [0, 0.1) is 0 Å². The van der Waals surface area contributed by atoms with Crippen molar-refractivity contribution in [1.29, 1.82) is 0 Å². The van der Waals surface area contributed by atoms with Gasteiger partial charge in [-0.3, -0.25) is 4.79 Å². The lowest BCUT2D eigenvalue weighted by Gasteiger charge is -2.43. The van der Waals surface area contributed by atoms with E-state index in [4.69, 9.17) is 14.5 Å². The fourth-order valence-electron chi connectivity index (χ4n) is 4.70. The van der Waals surface area contributed by atoms with Crippen LogP contribution in [0.3, 0.4) is 0 Å². The molecule has 1 atom stereocenters. The van der Waals surface area contributed by atoms with Gasteiger partial charge >= 0.3 is 5.97 Å². The van der Waals surface area contributed by atoms with Gasteiger partial charge in [-0.25, -0.2) is 9.78 Å². The van der Waals surface area contributed by atoms with Crippen LogP contribution < -0.4 is 19.9 Å². The maximum atomic E-state index is 13.0. The Balaban J connectivity index is 1.68. The van der Waals surface area contributed by atoms with Gasteiger partial charge in [-0.05, 0) is 44.4 Å². The highest BCUT2D eigenvalue weighted by atomic mass is 16.5. The first-order chi connectivity index (χ1) is 16.0. The quantitative estimate of drug-likeness (QED) is 0.631. The monoisotopic (exact) mass is 453 g/mol. The summed E-state index contributed by atoms with van der Waals surface area (Å²) in [6.45, 7) is 4.11. The molecule has 2 heterocycles. The first-order valence-corrected chi connectivity index (χ1v) is 11.5. The van der Waals surface area contributed by atoms with Crippen molar-refractivity contribution in [2.75, 3.05) is 35.9 Å². The van der Waals surface area contributed by atoms with Gasteiger partial charge in [0.05, 0.1) is 31.2 Å². The van der Waals surface area contributed by atoms with Crippen molar-refractivity contribution < 1.29 is 19.1 Å². The molecule has 0 saturated heterocycles. The van der Waals surface area contributed by atoms with Crippen LogP contribution in [0.1, 0.15) is 56.3 Å². The number of carbonyl (C=O) groups excluding carboxylic acids is 2. The van der Waals surface area contributed by atoms with Crippen molar-refractivity contribution >= 4 is 35.0 Å².